The molecule has 0 fully saturated rings. The molecule has 72 valence electrons. The molecule has 0 saturated heterocycles. The van der Waals surface area contributed by atoms with Gasteiger partial charge in [-0.1, -0.05) is 12.1 Å². The number of hydrogen-bond donors (Lipinski definition) is 1. The molecule has 1 aromatic carbocycles. The summed E-state index contributed by atoms with van der Waals surface area (Å²) in [5.74, 6) is 0.0726. The molecule has 14 heavy (non-hydrogen) atoms. The monoisotopic (exact) mass is 192 g/mol. The Bertz CT molecular complexity index is 438. The highest BCUT2D eigenvalue weighted by Gasteiger charge is 2.00. The third-order valence-electron chi connectivity index (χ3n) is 1.89. The Labute approximate surface area is 80.2 Å². The number of nitrogen functional groups attached to an aromatic ring is 1. The van der Waals surface area contributed by atoms with E-state index in [1.807, 2.05) is 6.07 Å². The van der Waals surface area contributed by atoms with E-state index in [-0.39, 0.29) is 5.82 Å². The third-order valence-corrected chi connectivity index (χ3v) is 1.89. The predicted octanol–water partition coefficient (Wildman–Crippen LogP) is 1.05. The molecule has 0 radical (unpaired) electrons. The maximum Gasteiger partial charge on any atom is 0.222 e. The van der Waals surface area contributed by atoms with Crippen molar-refractivity contribution in [3.05, 3.63) is 42.0 Å². The topological polar surface area (TPSA) is 56.7 Å². The maximum absolute atomic E-state index is 12.8. The molecular weight excluding hydrogens is 183 g/mol. The quantitative estimate of drug-likeness (QED) is 0.773. The van der Waals surface area contributed by atoms with E-state index in [0.29, 0.717) is 12.5 Å². The van der Waals surface area contributed by atoms with Crippen molar-refractivity contribution in [1.82, 2.24) is 14.8 Å². The van der Waals surface area contributed by atoms with Crippen molar-refractivity contribution in [2.75, 3.05) is 5.73 Å². The molecule has 0 atom stereocenters. The SMILES string of the molecule is Nc1nncn1Cc1cccc(F)c1. The fraction of sp³-hybridized carbons (Fsp3) is 0.111. The van der Waals surface area contributed by atoms with Crippen LogP contribution in [0.2, 0.25) is 0 Å². The molecular formula is C9H9FN4. The minimum atomic E-state index is -0.255. The number of hydrogen-bond acceptors (Lipinski definition) is 3. The van der Waals surface area contributed by atoms with Crippen molar-refractivity contribution >= 4 is 5.95 Å². The van der Waals surface area contributed by atoms with E-state index in [2.05, 4.69) is 10.2 Å². The molecule has 2 rings (SSSR count). The third kappa shape index (κ3) is 1.71. The minimum absolute atomic E-state index is 0.255. The van der Waals surface area contributed by atoms with E-state index in [1.54, 1.807) is 10.6 Å². The molecule has 2 N–H and O–H groups in total. The summed E-state index contributed by atoms with van der Waals surface area (Å²) in [6, 6.07) is 6.34. The fourth-order valence-corrected chi connectivity index (χ4v) is 1.22. The number of nitrogens with two attached hydrogens (primary N) is 1. The summed E-state index contributed by atoms with van der Waals surface area (Å²) < 4.78 is 14.5. The van der Waals surface area contributed by atoms with Crippen LogP contribution in [-0.4, -0.2) is 14.8 Å². The first-order chi connectivity index (χ1) is 6.75. The van der Waals surface area contributed by atoms with Crippen molar-refractivity contribution < 1.29 is 4.39 Å². The molecule has 0 aliphatic heterocycles. The van der Waals surface area contributed by atoms with Crippen LogP contribution in [0.15, 0.2) is 30.6 Å². The van der Waals surface area contributed by atoms with Gasteiger partial charge in [-0.25, -0.2) is 4.39 Å². The number of nitrogens with zero attached hydrogens (tertiary/aromatic N) is 3. The van der Waals surface area contributed by atoms with Crippen LogP contribution in [0.25, 0.3) is 0 Å². The molecule has 5 heteroatoms. The Morgan fingerprint density at radius 2 is 2.29 bits per heavy atom. The van der Waals surface area contributed by atoms with Gasteiger partial charge in [-0.2, -0.15) is 0 Å². The Morgan fingerprint density at radius 1 is 1.43 bits per heavy atom. The number of benzene rings is 1. The van der Waals surface area contributed by atoms with Crippen LogP contribution in [0.3, 0.4) is 0 Å². The van der Waals surface area contributed by atoms with Crippen LogP contribution in [0, 0.1) is 5.82 Å². The second-order valence-corrected chi connectivity index (χ2v) is 2.95. The molecule has 4 nitrogen and oxygen atoms in total. The highest BCUT2D eigenvalue weighted by atomic mass is 19.1. The molecule has 0 bridgehead atoms. The predicted molar refractivity (Wildman–Crippen MR) is 49.9 cm³/mol. The second kappa shape index (κ2) is 3.45. The molecule has 0 saturated carbocycles. The van der Waals surface area contributed by atoms with Gasteiger partial charge in [-0.15, -0.1) is 10.2 Å². The highest BCUT2D eigenvalue weighted by Crippen LogP contribution is 2.07. The average molecular weight is 192 g/mol. The number of aromatic nitrogens is 3. The van der Waals surface area contributed by atoms with Gasteiger partial charge in [0.05, 0.1) is 6.54 Å². The average Bonchev–Trinajstić information content (AvgIpc) is 2.52. The first-order valence-electron chi connectivity index (χ1n) is 4.13. The number of rotatable bonds is 2. The summed E-state index contributed by atoms with van der Waals surface area (Å²) in [7, 11) is 0. The summed E-state index contributed by atoms with van der Waals surface area (Å²) in [5.41, 5.74) is 6.35. The van der Waals surface area contributed by atoms with Crippen LogP contribution >= 0.6 is 0 Å². The maximum atomic E-state index is 12.8. The first kappa shape index (κ1) is 8.68. The van der Waals surface area contributed by atoms with E-state index < -0.39 is 0 Å². The smallest absolute Gasteiger partial charge is 0.222 e. The van der Waals surface area contributed by atoms with Gasteiger partial charge in [0.25, 0.3) is 0 Å². The fourth-order valence-electron chi connectivity index (χ4n) is 1.22. The Kier molecular flexibility index (Phi) is 2.14. The van der Waals surface area contributed by atoms with E-state index >= 15 is 0 Å². The second-order valence-electron chi connectivity index (χ2n) is 2.95. The lowest BCUT2D eigenvalue weighted by atomic mass is 10.2. The summed E-state index contributed by atoms with van der Waals surface area (Å²) in [6.45, 7) is 0.483. The summed E-state index contributed by atoms with van der Waals surface area (Å²) in [5, 5.41) is 7.27. The van der Waals surface area contributed by atoms with E-state index in [9.17, 15) is 4.39 Å². The van der Waals surface area contributed by atoms with Crippen molar-refractivity contribution in [2.24, 2.45) is 0 Å². The van der Waals surface area contributed by atoms with Gasteiger partial charge in [0.2, 0.25) is 5.95 Å². The van der Waals surface area contributed by atoms with Crippen molar-refractivity contribution in [2.45, 2.75) is 6.54 Å². The Morgan fingerprint density at radius 3 is 2.93 bits per heavy atom. The van der Waals surface area contributed by atoms with Gasteiger partial charge in [0.15, 0.2) is 0 Å². The van der Waals surface area contributed by atoms with Gasteiger partial charge in [0, 0.05) is 0 Å². The molecule has 0 aliphatic carbocycles. The summed E-state index contributed by atoms with van der Waals surface area (Å²) in [6.07, 6.45) is 1.51. The van der Waals surface area contributed by atoms with Crippen LogP contribution < -0.4 is 5.73 Å². The standard InChI is InChI=1S/C9H9FN4/c10-8-3-1-2-7(4-8)5-14-6-12-13-9(14)11/h1-4,6H,5H2,(H2,11,13). The zero-order valence-corrected chi connectivity index (χ0v) is 7.39. The Hall–Kier alpha value is -1.91. The van der Waals surface area contributed by atoms with E-state index in [1.165, 1.54) is 18.5 Å². The highest BCUT2D eigenvalue weighted by molar-refractivity contribution is 5.20. The van der Waals surface area contributed by atoms with Crippen LogP contribution in [-0.2, 0) is 6.54 Å². The summed E-state index contributed by atoms with van der Waals surface area (Å²) >= 11 is 0. The van der Waals surface area contributed by atoms with Crippen molar-refractivity contribution in [1.29, 1.82) is 0 Å². The lowest BCUT2D eigenvalue weighted by Crippen LogP contribution is -2.03. The molecule has 2 aromatic rings. The van der Waals surface area contributed by atoms with Crippen LogP contribution in [0.5, 0.6) is 0 Å². The molecule has 0 aliphatic rings. The zero-order chi connectivity index (χ0) is 9.97. The minimum Gasteiger partial charge on any atom is -0.368 e. The number of halogens is 1. The number of anilines is 1. The first-order valence-corrected chi connectivity index (χ1v) is 4.13. The van der Waals surface area contributed by atoms with Crippen LogP contribution in [0.4, 0.5) is 10.3 Å². The van der Waals surface area contributed by atoms with Gasteiger partial charge in [-0.3, -0.25) is 4.57 Å². The van der Waals surface area contributed by atoms with Gasteiger partial charge in [-0.05, 0) is 17.7 Å². The molecule has 0 amide bonds. The van der Waals surface area contributed by atoms with Gasteiger partial charge < -0.3 is 5.73 Å². The van der Waals surface area contributed by atoms with E-state index in [0.717, 1.165) is 5.56 Å². The summed E-state index contributed by atoms with van der Waals surface area (Å²) in [4.78, 5) is 0. The van der Waals surface area contributed by atoms with Crippen molar-refractivity contribution in [3.63, 3.8) is 0 Å². The van der Waals surface area contributed by atoms with Gasteiger partial charge in [0.1, 0.15) is 12.1 Å². The molecule has 0 unspecified atom stereocenters. The zero-order valence-electron chi connectivity index (χ0n) is 7.39. The van der Waals surface area contributed by atoms with Crippen molar-refractivity contribution in [3.8, 4) is 0 Å². The largest absolute Gasteiger partial charge is 0.368 e. The van der Waals surface area contributed by atoms with Crippen LogP contribution in [0.1, 0.15) is 5.56 Å². The lowest BCUT2D eigenvalue weighted by Gasteiger charge is -2.03. The Balaban J connectivity index is 2.23. The molecule has 1 heterocycles. The molecule has 0 spiro atoms. The van der Waals surface area contributed by atoms with E-state index in [4.69, 9.17) is 5.73 Å². The molecule has 1 aromatic heterocycles. The van der Waals surface area contributed by atoms with Gasteiger partial charge >= 0.3 is 0 Å². The lowest BCUT2D eigenvalue weighted by molar-refractivity contribution is 0.623. The normalized spacial score (nSPS) is 10.4.